The third kappa shape index (κ3) is 3.99. The first-order valence-electron chi connectivity index (χ1n) is 13.1. The lowest BCUT2D eigenvalue weighted by Crippen LogP contribution is -2.03. The molecule has 2 nitrogen and oxygen atoms in total. The number of hydrogen-bond acceptors (Lipinski definition) is 2. The predicted molar refractivity (Wildman–Crippen MR) is 167 cm³/mol. The van der Waals surface area contributed by atoms with E-state index < -0.39 is 0 Å². The van der Waals surface area contributed by atoms with Crippen molar-refractivity contribution in [2.75, 3.05) is 0 Å². The minimum atomic E-state index is 0.946. The summed E-state index contributed by atoms with van der Waals surface area (Å²) in [7, 11) is 0. The van der Waals surface area contributed by atoms with Crippen LogP contribution in [0.15, 0.2) is 133 Å². The number of fused-ring (bicyclic) bond motifs is 2. The Morgan fingerprint density at radius 3 is 2.00 bits per heavy atom. The summed E-state index contributed by atoms with van der Waals surface area (Å²) in [6.45, 7) is 6.25. The van der Waals surface area contributed by atoms with Crippen LogP contribution in [0.2, 0.25) is 0 Å². The highest BCUT2D eigenvalue weighted by Gasteiger charge is 2.22. The normalized spacial score (nSPS) is 11.3. The minimum absolute atomic E-state index is 0.946. The highest BCUT2D eigenvalue weighted by atomic mass is 32.1. The van der Waals surface area contributed by atoms with Gasteiger partial charge in [-0.15, -0.1) is 11.3 Å². The fraction of sp³-hybridized carbons (Fsp3) is 0.0278. The van der Waals surface area contributed by atoms with E-state index in [-0.39, 0.29) is 0 Å². The zero-order valence-corrected chi connectivity index (χ0v) is 22.5. The fourth-order valence-electron chi connectivity index (χ4n) is 5.39. The number of hydrogen-bond donors (Lipinski definition) is 0. The smallest absolute Gasteiger partial charge is 0.147 e. The number of benzene rings is 5. The Bertz CT molecular complexity index is 1920. The molecule has 2 aromatic heterocycles. The van der Waals surface area contributed by atoms with Gasteiger partial charge in [0.15, 0.2) is 0 Å². The minimum Gasteiger partial charge on any atom is -0.291 e. The van der Waals surface area contributed by atoms with Crippen molar-refractivity contribution in [2.45, 2.75) is 6.92 Å². The van der Waals surface area contributed by atoms with Crippen LogP contribution in [0, 0.1) is 0 Å². The molecule has 0 aliphatic heterocycles. The SMILES string of the molecule is C=C(C)c1ccc2scc(-c3nc4ccccc4n3-c3c(-c4ccccc4)cccc3-c3ccccc3)c2c1. The van der Waals surface area contributed by atoms with Gasteiger partial charge in [-0.2, -0.15) is 0 Å². The molecule has 0 saturated heterocycles. The molecular formula is C36H26N2S. The zero-order chi connectivity index (χ0) is 26.3. The molecule has 3 heteroatoms. The highest BCUT2D eigenvalue weighted by molar-refractivity contribution is 7.17. The van der Waals surface area contributed by atoms with Crippen LogP contribution in [-0.4, -0.2) is 9.55 Å². The van der Waals surface area contributed by atoms with E-state index >= 15 is 0 Å². The molecule has 7 rings (SSSR count). The predicted octanol–water partition coefficient (Wildman–Crippen LogP) is 10.3. The zero-order valence-electron chi connectivity index (χ0n) is 21.6. The number of allylic oxidation sites excluding steroid dienone is 1. The number of para-hydroxylation sites is 3. The van der Waals surface area contributed by atoms with Crippen LogP contribution in [0.25, 0.3) is 66.0 Å². The number of aromatic nitrogens is 2. The van der Waals surface area contributed by atoms with Crippen molar-refractivity contribution in [1.82, 2.24) is 9.55 Å². The summed E-state index contributed by atoms with van der Waals surface area (Å²) in [5.74, 6) is 0.946. The molecule has 0 N–H and O–H groups in total. The molecule has 0 bridgehead atoms. The number of nitrogens with zero attached hydrogens (tertiary/aromatic N) is 2. The number of imidazole rings is 1. The maximum Gasteiger partial charge on any atom is 0.147 e. The van der Waals surface area contributed by atoms with E-state index in [1.165, 1.54) is 32.3 Å². The molecule has 2 heterocycles. The van der Waals surface area contributed by atoms with Gasteiger partial charge in [0.2, 0.25) is 0 Å². The van der Waals surface area contributed by atoms with Gasteiger partial charge in [-0.25, -0.2) is 4.98 Å². The van der Waals surface area contributed by atoms with Gasteiger partial charge in [0, 0.05) is 32.2 Å². The van der Waals surface area contributed by atoms with Gasteiger partial charge in [0.1, 0.15) is 5.82 Å². The average Bonchev–Trinajstić information content (AvgIpc) is 3.58. The Labute approximate surface area is 232 Å². The Kier molecular flexibility index (Phi) is 5.72. The summed E-state index contributed by atoms with van der Waals surface area (Å²) in [5, 5.41) is 3.45. The Hall–Kier alpha value is -4.73. The van der Waals surface area contributed by atoms with Crippen molar-refractivity contribution in [3.8, 4) is 39.3 Å². The maximum atomic E-state index is 5.27. The molecule has 186 valence electrons. The van der Waals surface area contributed by atoms with Gasteiger partial charge >= 0.3 is 0 Å². The van der Waals surface area contributed by atoms with Crippen molar-refractivity contribution in [2.24, 2.45) is 0 Å². The standard InChI is InChI=1S/C36H26N2S/c1-24(2)27-20-21-34-30(22-27)31(23-39-34)36-37-32-18-9-10-19-33(32)38(36)35-28(25-12-5-3-6-13-25)16-11-17-29(35)26-14-7-4-8-15-26/h3-23H,1H2,2H3. The van der Waals surface area contributed by atoms with E-state index in [4.69, 9.17) is 4.98 Å². The second kappa shape index (κ2) is 9.54. The maximum absolute atomic E-state index is 5.27. The molecule has 0 spiro atoms. The second-order valence-corrected chi connectivity index (χ2v) is 10.7. The summed E-state index contributed by atoms with van der Waals surface area (Å²) >= 11 is 1.76. The lowest BCUT2D eigenvalue weighted by atomic mass is 9.95. The van der Waals surface area contributed by atoms with Crippen LogP contribution in [0.4, 0.5) is 0 Å². The summed E-state index contributed by atoms with van der Waals surface area (Å²) in [6.07, 6.45) is 0. The van der Waals surface area contributed by atoms with Crippen LogP contribution in [-0.2, 0) is 0 Å². The molecule has 0 aliphatic rings. The van der Waals surface area contributed by atoms with Crippen LogP contribution in [0.3, 0.4) is 0 Å². The quantitative estimate of drug-likeness (QED) is 0.222. The van der Waals surface area contributed by atoms with Crippen molar-refractivity contribution in [3.05, 3.63) is 139 Å². The molecule has 0 amide bonds. The third-order valence-electron chi connectivity index (χ3n) is 7.30. The molecule has 0 aliphatic carbocycles. The van der Waals surface area contributed by atoms with Gasteiger partial charge in [-0.1, -0.05) is 109 Å². The molecule has 0 radical (unpaired) electrons. The third-order valence-corrected chi connectivity index (χ3v) is 8.26. The Balaban J connectivity index is 1.62. The van der Waals surface area contributed by atoms with Crippen LogP contribution in [0.1, 0.15) is 12.5 Å². The molecule has 0 unspecified atom stereocenters. The molecule has 0 atom stereocenters. The highest BCUT2D eigenvalue weighted by Crippen LogP contribution is 2.42. The van der Waals surface area contributed by atoms with E-state index in [0.717, 1.165) is 39.2 Å². The fourth-order valence-corrected chi connectivity index (χ4v) is 6.31. The monoisotopic (exact) mass is 518 g/mol. The molecule has 5 aromatic carbocycles. The first kappa shape index (κ1) is 23.4. The van der Waals surface area contributed by atoms with E-state index in [1.54, 1.807) is 11.3 Å². The first-order valence-corrected chi connectivity index (χ1v) is 14.0. The Morgan fingerprint density at radius 2 is 1.33 bits per heavy atom. The number of thiophene rings is 1. The van der Waals surface area contributed by atoms with E-state index in [0.29, 0.717) is 0 Å². The van der Waals surface area contributed by atoms with Crippen LogP contribution >= 0.6 is 11.3 Å². The molecule has 39 heavy (non-hydrogen) atoms. The van der Waals surface area contributed by atoms with Gasteiger partial charge < -0.3 is 0 Å². The van der Waals surface area contributed by atoms with Crippen LogP contribution < -0.4 is 0 Å². The topological polar surface area (TPSA) is 17.8 Å². The van der Waals surface area contributed by atoms with Gasteiger partial charge in [0.25, 0.3) is 0 Å². The summed E-state index contributed by atoms with van der Waals surface area (Å²) in [6, 6.07) is 43.0. The van der Waals surface area contributed by atoms with Crippen molar-refractivity contribution in [3.63, 3.8) is 0 Å². The van der Waals surface area contributed by atoms with E-state index in [9.17, 15) is 0 Å². The van der Waals surface area contributed by atoms with E-state index in [1.807, 2.05) is 0 Å². The molecule has 0 fully saturated rings. The van der Waals surface area contributed by atoms with Gasteiger partial charge in [0.05, 0.1) is 16.7 Å². The largest absolute Gasteiger partial charge is 0.291 e. The summed E-state index contributed by atoms with van der Waals surface area (Å²) in [4.78, 5) is 5.27. The lowest BCUT2D eigenvalue weighted by Gasteiger charge is -2.19. The van der Waals surface area contributed by atoms with Crippen molar-refractivity contribution in [1.29, 1.82) is 0 Å². The summed E-state index contributed by atoms with van der Waals surface area (Å²) in [5.41, 5.74) is 11.2. The molecule has 0 saturated carbocycles. The lowest BCUT2D eigenvalue weighted by molar-refractivity contribution is 1.11. The van der Waals surface area contributed by atoms with Gasteiger partial charge in [-0.3, -0.25) is 4.57 Å². The molecule has 7 aromatic rings. The Morgan fingerprint density at radius 1 is 0.692 bits per heavy atom. The second-order valence-electron chi connectivity index (χ2n) is 9.83. The first-order chi connectivity index (χ1) is 19.2. The van der Waals surface area contributed by atoms with Crippen molar-refractivity contribution >= 4 is 38.0 Å². The van der Waals surface area contributed by atoms with Gasteiger partial charge in [-0.05, 0) is 47.9 Å². The molecular weight excluding hydrogens is 492 g/mol. The van der Waals surface area contributed by atoms with E-state index in [2.05, 4.69) is 145 Å². The number of rotatable bonds is 5. The average molecular weight is 519 g/mol. The summed E-state index contributed by atoms with van der Waals surface area (Å²) < 4.78 is 3.61. The van der Waals surface area contributed by atoms with Crippen molar-refractivity contribution < 1.29 is 0 Å². The van der Waals surface area contributed by atoms with Crippen LogP contribution in [0.5, 0.6) is 0 Å².